The molecule has 0 bridgehead atoms. The summed E-state index contributed by atoms with van der Waals surface area (Å²) in [6, 6.07) is 8.46. The summed E-state index contributed by atoms with van der Waals surface area (Å²) in [5.74, 6) is 1.08. The fourth-order valence-corrected chi connectivity index (χ4v) is 4.90. The quantitative estimate of drug-likeness (QED) is 0.830. The first kappa shape index (κ1) is 20.0. The molecule has 1 N–H and O–H groups in total. The third-order valence-corrected chi connectivity index (χ3v) is 6.64. The van der Waals surface area contributed by atoms with Gasteiger partial charge in [0.1, 0.15) is 0 Å². The van der Waals surface area contributed by atoms with Gasteiger partial charge < -0.3 is 14.8 Å². The third-order valence-electron chi connectivity index (χ3n) is 6.64. The van der Waals surface area contributed by atoms with Gasteiger partial charge in [0.15, 0.2) is 0 Å². The van der Waals surface area contributed by atoms with Crippen LogP contribution in [0.15, 0.2) is 30.5 Å². The van der Waals surface area contributed by atoms with Gasteiger partial charge in [0.05, 0.1) is 0 Å². The van der Waals surface area contributed by atoms with Gasteiger partial charge in [0.2, 0.25) is 11.8 Å². The van der Waals surface area contributed by atoms with E-state index in [0.717, 1.165) is 38.8 Å². The number of H-pyrrole nitrogens is 1. The molecule has 0 radical (unpaired) electrons. The molecule has 2 aliphatic rings. The first-order valence-corrected chi connectivity index (χ1v) is 11.0. The lowest BCUT2D eigenvalue weighted by molar-refractivity contribution is -0.145. The minimum absolute atomic E-state index is 0.0728. The number of likely N-dealkylation sites (tertiary alicyclic amines) is 2. The zero-order valence-electron chi connectivity index (χ0n) is 17.9. The molecule has 29 heavy (non-hydrogen) atoms. The van der Waals surface area contributed by atoms with Crippen LogP contribution in [0.25, 0.3) is 10.9 Å². The Morgan fingerprint density at radius 2 is 1.55 bits per heavy atom. The summed E-state index contributed by atoms with van der Waals surface area (Å²) in [5.41, 5.74) is 2.24. The SMILES string of the molecule is CC(C)(C)C(=O)N1CCC(C(=O)N2CCC(c3c[nH]c4ccccc34)CC2)CC1. The summed E-state index contributed by atoms with van der Waals surface area (Å²) in [6.07, 6.45) is 5.78. The fraction of sp³-hybridized carbons (Fsp3) is 0.583. The lowest BCUT2D eigenvalue weighted by atomic mass is 9.87. The molecule has 1 aromatic carbocycles. The second kappa shape index (κ2) is 7.85. The molecule has 5 nitrogen and oxygen atoms in total. The van der Waals surface area contributed by atoms with Crippen LogP contribution in [0, 0.1) is 11.3 Å². The molecule has 2 fully saturated rings. The molecule has 1 aromatic heterocycles. The molecule has 2 aromatic rings. The van der Waals surface area contributed by atoms with E-state index >= 15 is 0 Å². The van der Waals surface area contributed by atoms with Crippen molar-refractivity contribution in [2.75, 3.05) is 26.2 Å². The van der Waals surface area contributed by atoms with E-state index in [0.29, 0.717) is 24.9 Å². The molecule has 0 unspecified atom stereocenters. The predicted octanol–water partition coefficient (Wildman–Crippen LogP) is 4.16. The Morgan fingerprint density at radius 1 is 0.931 bits per heavy atom. The number of aromatic nitrogens is 1. The molecule has 3 heterocycles. The van der Waals surface area contributed by atoms with Crippen LogP contribution in [0.5, 0.6) is 0 Å². The van der Waals surface area contributed by atoms with Crippen molar-refractivity contribution < 1.29 is 9.59 Å². The zero-order valence-corrected chi connectivity index (χ0v) is 17.9. The van der Waals surface area contributed by atoms with Gasteiger partial charge in [-0.25, -0.2) is 0 Å². The molecule has 0 aliphatic carbocycles. The van der Waals surface area contributed by atoms with Crippen molar-refractivity contribution in [3.05, 3.63) is 36.0 Å². The van der Waals surface area contributed by atoms with E-state index in [1.807, 2.05) is 25.7 Å². The Labute approximate surface area is 173 Å². The van der Waals surface area contributed by atoms with E-state index in [2.05, 4.69) is 40.3 Å². The molecular formula is C24H33N3O2. The van der Waals surface area contributed by atoms with Crippen molar-refractivity contribution in [2.45, 2.75) is 52.4 Å². The highest BCUT2D eigenvalue weighted by atomic mass is 16.2. The van der Waals surface area contributed by atoms with Gasteiger partial charge in [-0.05, 0) is 43.2 Å². The van der Waals surface area contributed by atoms with Crippen LogP contribution in [0.2, 0.25) is 0 Å². The van der Waals surface area contributed by atoms with E-state index in [1.165, 1.54) is 16.5 Å². The van der Waals surface area contributed by atoms with Crippen LogP contribution in [-0.2, 0) is 9.59 Å². The van der Waals surface area contributed by atoms with Gasteiger partial charge in [-0.1, -0.05) is 39.0 Å². The summed E-state index contributed by atoms with van der Waals surface area (Å²) in [4.78, 5) is 32.9. The molecule has 5 heteroatoms. The number of nitrogens with one attached hydrogen (secondary N) is 1. The molecule has 2 amide bonds. The number of hydrogen-bond acceptors (Lipinski definition) is 2. The summed E-state index contributed by atoms with van der Waals surface area (Å²) >= 11 is 0. The number of aromatic amines is 1. The van der Waals surface area contributed by atoms with Crippen LogP contribution in [0.3, 0.4) is 0 Å². The Morgan fingerprint density at radius 3 is 2.21 bits per heavy atom. The Kier molecular flexibility index (Phi) is 5.41. The molecule has 2 saturated heterocycles. The highest BCUT2D eigenvalue weighted by molar-refractivity contribution is 5.84. The number of benzene rings is 1. The molecule has 4 rings (SSSR count). The maximum absolute atomic E-state index is 13.0. The highest BCUT2D eigenvalue weighted by Crippen LogP contribution is 2.34. The van der Waals surface area contributed by atoms with E-state index < -0.39 is 0 Å². The van der Waals surface area contributed by atoms with Crippen LogP contribution in [-0.4, -0.2) is 52.8 Å². The highest BCUT2D eigenvalue weighted by Gasteiger charge is 2.35. The number of para-hydroxylation sites is 1. The number of nitrogens with zero attached hydrogens (tertiary/aromatic N) is 2. The Balaban J connectivity index is 1.31. The first-order valence-electron chi connectivity index (χ1n) is 11.0. The molecule has 2 aliphatic heterocycles. The number of carbonyl (C=O) groups is 2. The summed E-state index contributed by atoms with van der Waals surface area (Å²) in [6.45, 7) is 8.98. The normalized spacial score (nSPS) is 19.7. The van der Waals surface area contributed by atoms with Crippen LogP contribution in [0.1, 0.15) is 57.9 Å². The van der Waals surface area contributed by atoms with Gasteiger partial charge in [-0.3, -0.25) is 9.59 Å². The Bertz CT molecular complexity index is 879. The summed E-state index contributed by atoms with van der Waals surface area (Å²) in [7, 11) is 0. The summed E-state index contributed by atoms with van der Waals surface area (Å²) in [5, 5.41) is 1.31. The molecule has 0 atom stereocenters. The average Bonchev–Trinajstić information content (AvgIpc) is 3.16. The average molecular weight is 396 g/mol. The maximum atomic E-state index is 13.0. The number of amides is 2. The largest absolute Gasteiger partial charge is 0.361 e. The van der Waals surface area contributed by atoms with Crippen molar-refractivity contribution >= 4 is 22.7 Å². The van der Waals surface area contributed by atoms with E-state index in [4.69, 9.17) is 0 Å². The van der Waals surface area contributed by atoms with Crippen molar-refractivity contribution in [2.24, 2.45) is 11.3 Å². The summed E-state index contributed by atoms with van der Waals surface area (Å²) < 4.78 is 0. The monoisotopic (exact) mass is 395 g/mol. The van der Waals surface area contributed by atoms with Crippen molar-refractivity contribution in [3.63, 3.8) is 0 Å². The molecule has 0 spiro atoms. The fourth-order valence-electron chi connectivity index (χ4n) is 4.90. The van der Waals surface area contributed by atoms with Crippen LogP contribution >= 0.6 is 0 Å². The zero-order chi connectivity index (χ0) is 20.6. The topological polar surface area (TPSA) is 56.4 Å². The van der Waals surface area contributed by atoms with Crippen LogP contribution in [0.4, 0.5) is 0 Å². The number of piperidine rings is 2. The lowest BCUT2D eigenvalue weighted by Crippen LogP contribution is -2.48. The van der Waals surface area contributed by atoms with Gasteiger partial charge in [-0.15, -0.1) is 0 Å². The molecular weight excluding hydrogens is 362 g/mol. The number of carbonyl (C=O) groups excluding carboxylic acids is 2. The molecule has 156 valence electrons. The third kappa shape index (κ3) is 4.05. The van der Waals surface area contributed by atoms with Gasteiger partial charge >= 0.3 is 0 Å². The van der Waals surface area contributed by atoms with Gasteiger partial charge in [-0.2, -0.15) is 0 Å². The Hall–Kier alpha value is -2.30. The van der Waals surface area contributed by atoms with Crippen LogP contribution < -0.4 is 0 Å². The van der Waals surface area contributed by atoms with Gasteiger partial charge in [0.25, 0.3) is 0 Å². The molecule has 0 saturated carbocycles. The predicted molar refractivity (Wildman–Crippen MR) is 116 cm³/mol. The van der Waals surface area contributed by atoms with Crippen molar-refractivity contribution in [1.82, 2.24) is 14.8 Å². The standard InChI is InChI=1S/C24H33N3O2/c1-24(2,3)23(29)27-14-10-18(11-15-27)22(28)26-12-8-17(9-13-26)20-16-25-21-7-5-4-6-19(20)21/h4-7,16-18,25H,8-15H2,1-3H3. The van der Waals surface area contributed by atoms with Gasteiger partial charge in [0, 0.05) is 54.6 Å². The second-order valence-electron chi connectivity index (χ2n) is 9.71. The van der Waals surface area contributed by atoms with Crippen molar-refractivity contribution in [1.29, 1.82) is 0 Å². The number of fused-ring (bicyclic) bond motifs is 1. The number of hydrogen-bond donors (Lipinski definition) is 1. The van der Waals surface area contributed by atoms with Crippen molar-refractivity contribution in [3.8, 4) is 0 Å². The van der Waals surface area contributed by atoms with E-state index in [-0.39, 0.29) is 17.2 Å². The minimum Gasteiger partial charge on any atom is -0.361 e. The van der Waals surface area contributed by atoms with E-state index in [9.17, 15) is 9.59 Å². The second-order valence-corrected chi connectivity index (χ2v) is 9.71. The smallest absolute Gasteiger partial charge is 0.227 e. The first-order chi connectivity index (χ1) is 13.8. The minimum atomic E-state index is -0.346. The lowest BCUT2D eigenvalue weighted by Gasteiger charge is -2.38. The number of rotatable bonds is 2. The maximum Gasteiger partial charge on any atom is 0.227 e. The van der Waals surface area contributed by atoms with E-state index in [1.54, 1.807) is 0 Å².